The van der Waals surface area contributed by atoms with Crippen molar-refractivity contribution in [2.45, 2.75) is 6.54 Å². The van der Waals surface area contributed by atoms with Gasteiger partial charge >= 0.3 is 0 Å². The smallest absolute Gasteiger partial charge is 0.257 e. The number of nitrogens with one attached hydrogen (secondary N) is 1. The van der Waals surface area contributed by atoms with E-state index in [4.69, 9.17) is 4.74 Å². The number of amides is 1. The van der Waals surface area contributed by atoms with Crippen LogP contribution in [0.15, 0.2) is 29.6 Å². The van der Waals surface area contributed by atoms with Crippen molar-refractivity contribution in [3.8, 4) is 5.75 Å². The Morgan fingerprint density at radius 2 is 2.05 bits per heavy atom. The Morgan fingerprint density at radius 1 is 1.35 bits per heavy atom. The molecule has 0 aliphatic heterocycles. The van der Waals surface area contributed by atoms with Gasteiger partial charge in [-0.2, -0.15) is 0 Å². The molecule has 0 aliphatic rings. The average molecular weight is 291 g/mol. The van der Waals surface area contributed by atoms with Crippen LogP contribution in [-0.4, -0.2) is 37.0 Å². The maximum absolute atomic E-state index is 12.0. The first kappa shape index (κ1) is 14.5. The van der Waals surface area contributed by atoms with Crippen molar-refractivity contribution in [1.82, 2.24) is 9.88 Å². The molecule has 0 aliphatic carbocycles. The maximum atomic E-state index is 12.0. The van der Waals surface area contributed by atoms with Gasteiger partial charge in [0, 0.05) is 17.5 Å². The van der Waals surface area contributed by atoms with E-state index in [2.05, 4.69) is 10.3 Å². The van der Waals surface area contributed by atoms with E-state index in [1.807, 2.05) is 24.4 Å². The molecule has 0 bridgehead atoms. The van der Waals surface area contributed by atoms with E-state index in [0.29, 0.717) is 10.7 Å². The molecular weight excluding hydrogens is 274 g/mol. The lowest BCUT2D eigenvalue weighted by atomic mass is 10.2. The van der Waals surface area contributed by atoms with Crippen LogP contribution in [0.25, 0.3) is 0 Å². The molecule has 1 aromatic heterocycles. The van der Waals surface area contributed by atoms with Crippen molar-refractivity contribution < 1.29 is 9.53 Å². The Morgan fingerprint density at radius 3 is 2.65 bits per heavy atom. The van der Waals surface area contributed by atoms with Crippen LogP contribution >= 0.6 is 11.3 Å². The number of benzene rings is 1. The third-order valence-electron chi connectivity index (χ3n) is 2.60. The molecule has 0 saturated carbocycles. The van der Waals surface area contributed by atoms with E-state index in [9.17, 15) is 4.79 Å². The van der Waals surface area contributed by atoms with E-state index < -0.39 is 0 Å². The van der Waals surface area contributed by atoms with Crippen molar-refractivity contribution in [2.24, 2.45) is 0 Å². The van der Waals surface area contributed by atoms with Crippen LogP contribution in [0.4, 0.5) is 5.13 Å². The first-order chi connectivity index (χ1) is 9.58. The number of aromatic nitrogens is 1. The predicted octanol–water partition coefficient (Wildman–Crippen LogP) is 2.47. The largest absolute Gasteiger partial charge is 0.497 e. The second kappa shape index (κ2) is 6.49. The number of hydrogen-bond donors (Lipinski definition) is 1. The summed E-state index contributed by atoms with van der Waals surface area (Å²) >= 11 is 1.43. The number of carbonyl (C=O) groups is 1. The summed E-state index contributed by atoms with van der Waals surface area (Å²) in [7, 11) is 5.56. The van der Waals surface area contributed by atoms with Gasteiger partial charge < -0.3 is 9.64 Å². The highest BCUT2D eigenvalue weighted by Crippen LogP contribution is 2.18. The van der Waals surface area contributed by atoms with Crippen LogP contribution in [0, 0.1) is 0 Å². The summed E-state index contributed by atoms with van der Waals surface area (Å²) in [4.78, 5) is 18.5. The second-order valence-electron chi connectivity index (χ2n) is 4.56. The quantitative estimate of drug-likeness (QED) is 0.919. The van der Waals surface area contributed by atoms with Gasteiger partial charge in [0.05, 0.1) is 12.8 Å². The van der Waals surface area contributed by atoms with Gasteiger partial charge in [0.1, 0.15) is 5.75 Å². The number of nitrogens with zero attached hydrogens (tertiary/aromatic N) is 2. The van der Waals surface area contributed by atoms with E-state index >= 15 is 0 Å². The van der Waals surface area contributed by atoms with Gasteiger partial charge in [-0.05, 0) is 38.4 Å². The Bertz CT molecular complexity index is 578. The molecule has 1 aromatic carbocycles. The molecule has 2 aromatic rings. The molecule has 1 amide bonds. The molecule has 1 N–H and O–H groups in total. The molecule has 0 radical (unpaired) electrons. The van der Waals surface area contributed by atoms with Crippen LogP contribution in [-0.2, 0) is 6.54 Å². The molecule has 5 nitrogen and oxygen atoms in total. The second-order valence-corrected chi connectivity index (χ2v) is 5.42. The van der Waals surface area contributed by atoms with Gasteiger partial charge in [-0.1, -0.05) is 0 Å². The fourth-order valence-electron chi connectivity index (χ4n) is 1.67. The van der Waals surface area contributed by atoms with E-state index in [-0.39, 0.29) is 5.91 Å². The van der Waals surface area contributed by atoms with Gasteiger partial charge in [-0.25, -0.2) is 4.98 Å². The fourth-order valence-corrected chi connectivity index (χ4v) is 2.37. The summed E-state index contributed by atoms with van der Waals surface area (Å²) < 4.78 is 5.06. The van der Waals surface area contributed by atoms with Crippen LogP contribution in [0.1, 0.15) is 16.1 Å². The summed E-state index contributed by atoms with van der Waals surface area (Å²) in [5.41, 5.74) is 1.53. The predicted molar refractivity (Wildman–Crippen MR) is 80.5 cm³/mol. The molecule has 0 spiro atoms. The highest BCUT2D eigenvalue weighted by molar-refractivity contribution is 7.13. The minimum Gasteiger partial charge on any atom is -0.497 e. The molecule has 2 rings (SSSR count). The lowest BCUT2D eigenvalue weighted by molar-refractivity contribution is 0.102. The molecule has 106 valence electrons. The molecule has 0 unspecified atom stereocenters. The maximum Gasteiger partial charge on any atom is 0.257 e. The normalized spacial score (nSPS) is 10.6. The zero-order valence-corrected chi connectivity index (χ0v) is 12.5. The Labute approximate surface area is 122 Å². The molecule has 0 atom stereocenters. The summed E-state index contributed by atoms with van der Waals surface area (Å²) in [6.07, 6.45) is 0. The Hall–Kier alpha value is -1.92. The number of methoxy groups -OCH3 is 1. The minimum atomic E-state index is -0.168. The minimum absolute atomic E-state index is 0.168. The van der Waals surface area contributed by atoms with Crippen molar-refractivity contribution in [3.05, 3.63) is 40.9 Å². The van der Waals surface area contributed by atoms with E-state index in [0.717, 1.165) is 18.0 Å². The molecule has 6 heteroatoms. The highest BCUT2D eigenvalue weighted by Gasteiger charge is 2.09. The third-order valence-corrected chi connectivity index (χ3v) is 3.41. The lowest BCUT2D eigenvalue weighted by Crippen LogP contribution is -2.13. The van der Waals surface area contributed by atoms with E-state index in [1.54, 1.807) is 31.4 Å². The fraction of sp³-hybridized carbons (Fsp3) is 0.286. The van der Waals surface area contributed by atoms with Crippen LogP contribution in [0.2, 0.25) is 0 Å². The average Bonchev–Trinajstić information content (AvgIpc) is 2.85. The Kier molecular flexibility index (Phi) is 4.70. The van der Waals surface area contributed by atoms with Crippen LogP contribution in [0.5, 0.6) is 5.75 Å². The number of rotatable bonds is 5. The monoisotopic (exact) mass is 291 g/mol. The van der Waals surface area contributed by atoms with Gasteiger partial charge in [-0.15, -0.1) is 11.3 Å². The third kappa shape index (κ3) is 3.79. The summed E-state index contributed by atoms with van der Waals surface area (Å²) in [6, 6.07) is 6.97. The summed E-state index contributed by atoms with van der Waals surface area (Å²) in [6.45, 7) is 0.759. The standard InChI is InChI=1S/C14H17N3O2S/c1-17(2)8-11-9-20-14(15-11)16-13(18)10-4-6-12(19-3)7-5-10/h4-7,9H,8H2,1-3H3,(H,15,16,18). The number of anilines is 1. The van der Waals surface area contributed by atoms with Gasteiger partial charge in [-0.3, -0.25) is 10.1 Å². The molecule has 1 heterocycles. The zero-order valence-electron chi connectivity index (χ0n) is 11.7. The summed E-state index contributed by atoms with van der Waals surface area (Å²) in [5, 5.41) is 5.36. The topological polar surface area (TPSA) is 54.5 Å². The van der Waals surface area contributed by atoms with Crippen LogP contribution in [0.3, 0.4) is 0 Å². The first-order valence-electron chi connectivity index (χ1n) is 6.13. The number of hydrogen-bond acceptors (Lipinski definition) is 5. The van der Waals surface area contributed by atoms with E-state index in [1.165, 1.54) is 11.3 Å². The zero-order chi connectivity index (χ0) is 14.5. The number of thiazole rings is 1. The molecule has 0 fully saturated rings. The van der Waals surface area contributed by atoms with Gasteiger partial charge in [0.25, 0.3) is 5.91 Å². The number of ether oxygens (including phenoxy) is 1. The van der Waals surface area contributed by atoms with Crippen molar-refractivity contribution in [2.75, 3.05) is 26.5 Å². The molecule has 0 saturated heterocycles. The number of carbonyl (C=O) groups excluding carboxylic acids is 1. The van der Waals surface area contributed by atoms with Crippen molar-refractivity contribution in [3.63, 3.8) is 0 Å². The van der Waals surface area contributed by atoms with Gasteiger partial charge in [0.2, 0.25) is 0 Å². The SMILES string of the molecule is COc1ccc(C(=O)Nc2nc(CN(C)C)cs2)cc1. The van der Waals surface area contributed by atoms with Crippen molar-refractivity contribution in [1.29, 1.82) is 0 Å². The summed E-state index contributed by atoms with van der Waals surface area (Å²) in [5.74, 6) is 0.558. The molecular formula is C14H17N3O2S. The van der Waals surface area contributed by atoms with Crippen LogP contribution < -0.4 is 10.1 Å². The lowest BCUT2D eigenvalue weighted by Gasteiger charge is -2.05. The molecule has 20 heavy (non-hydrogen) atoms. The van der Waals surface area contributed by atoms with Crippen molar-refractivity contribution >= 4 is 22.4 Å². The van der Waals surface area contributed by atoms with Gasteiger partial charge in [0.15, 0.2) is 5.13 Å². The first-order valence-corrected chi connectivity index (χ1v) is 7.01. The highest BCUT2D eigenvalue weighted by atomic mass is 32.1. The Balaban J connectivity index is 2.01.